The van der Waals surface area contributed by atoms with E-state index in [-0.39, 0.29) is 63.5 Å². The molecule has 6 aromatic rings. The molecule has 0 aliphatic carbocycles. The summed E-state index contributed by atoms with van der Waals surface area (Å²) in [6.07, 6.45) is 13.4. The minimum Gasteiger partial charge on any atom is -0.481 e. The van der Waals surface area contributed by atoms with Crippen molar-refractivity contribution in [2.75, 3.05) is 63.6 Å². The Morgan fingerprint density at radius 3 is 1.10 bits per heavy atom. The number of carbonyl (C=O) groups excluding carboxylic acids is 6. The highest BCUT2D eigenvalue weighted by atomic mass is 127. The van der Waals surface area contributed by atoms with Crippen molar-refractivity contribution in [3.05, 3.63) is 169 Å². The molecular weight excluding hydrogens is 1890 g/mol. The molecule has 0 spiro atoms. The number of halogens is 11. The zero-order chi connectivity index (χ0) is 72.8. The van der Waals surface area contributed by atoms with Crippen LogP contribution in [0, 0.1) is 3.70 Å². The second kappa shape index (κ2) is 59.5. The van der Waals surface area contributed by atoms with Gasteiger partial charge in [-0.1, -0.05) is 15.9 Å². The Bertz CT molecular complexity index is 3090. The normalized spacial score (nSPS) is 10.4. The number of nitrogens with zero attached hydrogens (tertiary/aromatic N) is 6. The van der Waals surface area contributed by atoms with Gasteiger partial charge in [0.05, 0.1) is 93.8 Å². The maximum Gasteiger partial charge on any atom is 0.326 e. The van der Waals surface area contributed by atoms with Gasteiger partial charge in [-0.25, -0.2) is 4.98 Å². The number of ether oxygens (including phenoxy) is 6. The van der Waals surface area contributed by atoms with Crippen LogP contribution in [0.2, 0.25) is 0 Å². The summed E-state index contributed by atoms with van der Waals surface area (Å²) in [5.74, 6) is -4.85. The fourth-order valence-electron chi connectivity index (χ4n) is 6.37. The fraction of sp³-hybridized carbons (Fsp3) is 0.397. The molecule has 96 heavy (non-hydrogen) atoms. The summed E-state index contributed by atoms with van der Waals surface area (Å²) in [6.45, 7) is 7.70. The van der Waals surface area contributed by atoms with Crippen LogP contribution in [0.4, 0.5) is 0 Å². The summed E-state index contributed by atoms with van der Waals surface area (Å²) in [5, 5.41) is 18.4. The van der Waals surface area contributed by atoms with Gasteiger partial charge in [0.1, 0.15) is 10.1 Å². The molecule has 0 aromatic carbocycles. The van der Waals surface area contributed by atoms with Crippen LogP contribution in [0.1, 0.15) is 112 Å². The number of carboxylic acids is 2. The number of methoxy groups -OCH3 is 2. The van der Waals surface area contributed by atoms with Crippen LogP contribution in [0.5, 0.6) is 0 Å². The lowest BCUT2D eigenvalue weighted by Crippen LogP contribution is -2.26. The minimum atomic E-state index is -1.13. The van der Waals surface area contributed by atoms with E-state index in [1.165, 1.54) is 20.4 Å². The van der Waals surface area contributed by atoms with E-state index in [9.17, 15) is 38.4 Å². The summed E-state index contributed by atoms with van der Waals surface area (Å²) in [7, 11) is 2.75. The number of aliphatic carboxylic acids is 2. The van der Waals surface area contributed by atoms with Crippen molar-refractivity contribution in [3.63, 3.8) is 0 Å². The number of carbonyl (C=O) groups is 8. The summed E-state index contributed by atoms with van der Waals surface area (Å²) in [4.78, 5) is 113. The monoisotopic (exact) mass is 1950 g/mol. The summed E-state index contributed by atoms with van der Waals surface area (Å²) < 4.78 is 34.3. The molecule has 528 valence electrons. The summed E-state index contributed by atoms with van der Waals surface area (Å²) in [5.41, 5.74) is 2.90. The molecule has 0 saturated carbocycles. The summed E-state index contributed by atoms with van der Waals surface area (Å²) >= 11 is 41.4. The first-order chi connectivity index (χ1) is 45.7. The van der Waals surface area contributed by atoms with Crippen LogP contribution in [-0.2, 0) is 79.6 Å². The molecule has 6 heterocycles. The van der Waals surface area contributed by atoms with E-state index < -0.39 is 47.7 Å². The maximum absolute atomic E-state index is 11.8. The molecule has 2 N–H and O–H groups in total. The van der Waals surface area contributed by atoms with Gasteiger partial charge in [0, 0.05) is 87.0 Å². The van der Waals surface area contributed by atoms with Crippen molar-refractivity contribution in [2.24, 2.45) is 0 Å². The Kier molecular flexibility index (Phi) is 58.0. The molecule has 0 aliphatic heterocycles. The molecule has 0 radical (unpaired) electrons. The Hall–Kier alpha value is -4.38. The predicted octanol–water partition coefficient (Wildman–Crippen LogP) is 16.2. The van der Waals surface area contributed by atoms with Gasteiger partial charge < -0.3 is 38.6 Å². The van der Waals surface area contributed by atoms with E-state index in [1.54, 1.807) is 101 Å². The van der Waals surface area contributed by atoms with Crippen LogP contribution < -0.4 is 0 Å². The smallest absolute Gasteiger partial charge is 0.326 e. The van der Waals surface area contributed by atoms with Gasteiger partial charge in [-0.2, -0.15) is 0 Å². The number of alkyl halides is 4. The van der Waals surface area contributed by atoms with Crippen molar-refractivity contribution < 1.29 is 77.0 Å². The van der Waals surface area contributed by atoms with E-state index in [4.69, 9.17) is 59.2 Å². The Morgan fingerprint density at radius 2 is 0.812 bits per heavy atom. The predicted molar refractivity (Wildman–Crippen MR) is 399 cm³/mol. The minimum absolute atomic E-state index is 0.0206. The van der Waals surface area contributed by atoms with Crippen LogP contribution >= 0.6 is 169 Å². The Morgan fingerprint density at radius 1 is 0.448 bits per heavy atom. The van der Waals surface area contributed by atoms with Crippen molar-refractivity contribution >= 4 is 217 Å². The number of pyridine rings is 6. The second-order valence-corrected chi connectivity index (χ2v) is 26.4. The molecule has 0 bridgehead atoms. The standard InChI is InChI=1S/C12H14BrNO4.C11H13BrClNO2.C10H11BrClNO2.C8H8BrNO2.C7H6BrNO2.C7H12O4.C5H3BrIN.C3H6BrCl/c1-3-17-11(15)10(12(16)18-4-2)9-6-5-8(13)7-14-9;1-16-11(15)9(3-2-6-13)10-5-4-8(12)7-14-10;11-7-3-4-9(13-6-7)8(10(14)15)2-1-5-12;1-12-8(11)4-7-3-2-6(9)5-10-7;8-5-1-2-6(9-4-5)3-7(10)11;1-3-10-6(8)5-7(9)11-4-2;6-4-1-2-5(7)8-3-4;4-2-1-3-5/h5-7,10H,3-4H2,1-2H3;4-5,7,9H,2-3,6H2,1H3;3-4,6,8H,1-2,5H2,(H,14,15);2-3,5H,4H2,1H3;1-2,4H,3H2,(H,10,11);3-5H2,1-2H3;1-3H;1-3H2. The molecule has 6 rings (SSSR count). The molecule has 33 heteroatoms. The molecule has 22 nitrogen and oxygen atoms in total. The number of hydrogen-bond donors (Lipinski definition) is 2. The fourth-order valence-corrected chi connectivity index (χ4v) is 9.14. The van der Waals surface area contributed by atoms with Gasteiger partial charge in [-0.15, -0.1) is 34.8 Å². The lowest BCUT2D eigenvalue weighted by molar-refractivity contribution is -0.158. The van der Waals surface area contributed by atoms with Gasteiger partial charge in [0.15, 0.2) is 5.92 Å². The van der Waals surface area contributed by atoms with Crippen molar-refractivity contribution in [3.8, 4) is 0 Å². The van der Waals surface area contributed by atoms with Crippen molar-refractivity contribution in [2.45, 2.75) is 96.8 Å². The third kappa shape index (κ3) is 47.6. The zero-order valence-electron chi connectivity index (χ0n) is 52.9. The van der Waals surface area contributed by atoms with Crippen molar-refractivity contribution in [1.82, 2.24) is 29.9 Å². The average molecular weight is 1960 g/mol. The van der Waals surface area contributed by atoms with E-state index in [0.29, 0.717) is 53.8 Å². The average Bonchev–Trinajstić information content (AvgIpc) is 0.954. The van der Waals surface area contributed by atoms with Gasteiger partial charge >= 0.3 is 47.8 Å². The number of rotatable bonds is 25. The van der Waals surface area contributed by atoms with Crippen LogP contribution in [0.3, 0.4) is 0 Å². The maximum atomic E-state index is 11.8. The summed E-state index contributed by atoms with van der Waals surface area (Å²) in [6, 6.07) is 21.5. The zero-order valence-corrected chi connectivity index (χ0v) is 68.4. The lowest BCUT2D eigenvalue weighted by atomic mass is 9.99. The molecular formula is C63H73Br7Cl3IN6O16. The van der Waals surface area contributed by atoms with Crippen LogP contribution in [-0.4, -0.2) is 151 Å². The SMILES string of the molecule is Brc1ccc(I)nc1.CCOC(=O)C(C(=O)OCC)c1ccc(Br)cn1.CCOC(=O)CC(=O)OCC.COC(=O)C(CCCCl)c1ccc(Br)cn1.COC(=O)Cc1ccc(Br)cn1.ClCCCBr.O=C(O)C(CCCCl)c1ccc(Br)cn1.O=C(O)Cc1ccc(Br)cn1. The molecule has 0 fully saturated rings. The molecule has 2 atom stereocenters. The number of hydrogen-bond acceptors (Lipinski definition) is 20. The van der Waals surface area contributed by atoms with Gasteiger partial charge in [-0.3, -0.25) is 63.3 Å². The van der Waals surface area contributed by atoms with Gasteiger partial charge in [-0.05, 0) is 251 Å². The quantitative estimate of drug-likeness (QED) is 0.0134. The topological polar surface area (TPSA) is 310 Å². The first-order valence-electron chi connectivity index (χ1n) is 28.5. The third-order valence-electron chi connectivity index (χ3n) is 10.7. The Labute approximate surface area is 646 Å². The highest BCUT2D eigenvalue weighted by molar-refractivity contribution is 14.1. The van der Waals surface area contributed by atoms with Gasteiger partial charge in [0.25, 0.3) is 0 Å². The second-order valence-electron chi connectivity index (χ2n) is 17.8. The van der Waals surface area contributed by atoms with E-state index >= 15 is 0 Å². The number of aromatic nitrogens is 6. The molecule has 2 unspecified atom stereocenters. The van der Waals surface area contributed by atoms with Crippen molar-refractivity contribution in [1.29, 1.82) is 0 Å². The molecule has 0 amide bonds. The van der Waals surface area contributed by atoms with E-state index in [1.807, 2.05) is 30.3 Å². The first-order valence-corrected chi connectivity index (χ1v) is 37.1. The van der Waals surface area contributed by atoms with E-state index in [0.717, 1.165) is 60.3 Å². The molecule has 6 aromatic heterocycles. The third-order valence-corrected chi connectivity index (χ3v) is 15.5. The first kappa shape index (κ1) is 93.7. The van der Waals surface area contributed by atoms with Crippen LogP contribution in [0.25, 0.3) is 0 Å². The van der Waals surface area contributed by atoms with Gasteiger partial charge in [0.2, 0.25) is 0 Å². The lowest BCUT2D eigenvalue weighted by Gasteiger charge is -2.13. The highest BCUT2D eigenvalue weighted by Crippen LogP contribution is 2.24. The highest BCUT2D eigenvalue weighted by Gasteiger charge is 2.32. The van der Waals surface area contributed by atoms with Crippen LogP contribution in [0.15, 0.2) is 137 Å². The largest absolute Gasteiger partial charge is 0.481 e. The Balaban J connectivity index is 0. The van der Waals surface area contributed by atoms with E-state index in [2.05, 4.69) is 178 Å². The molecule has 0 aliphatic rings. The number of esters is 6. The number of carboxylic acid groups (broad SMARTS) is 2. The molecule has 0 saturated heterocycles.